The van der Waals surface area contributed by atoms with Crippen LogP contribution in [0.25, 0.3) is 0 Å². The predicted molar refractivity (Wildman–Crippen MR) is 90.7 cm³/mol. The topological polar surface area (TPSA) is 81.5 Å². The van der Waals surface area contributed by atoms with E-state index in [1.807, 2.05) is 6.07 Å². The fraction of sp³-hybridized carbons (Fsp3) is 0.188. The molecule has 2 aromatic carbocycles. The highest BCUT2D eigenvalue weighted by Gasteiger charge is 2.17. The molecule has 0 aliphatic carbocycles. The van der Waals surface area contributed by atoms with Crippen LogP contribution >= 0.6 is 15.9 Å². The number of non-ortho nitro benzene ring substituents is 1. The number of nitrogens with zero attached hydrogens (tertiary/aromatic N) is 1. The lowest BCUT2D eigenvalue weighted by molar-refractivity contribution is -0.384. The molecule has 0 radical (unpaired) electrons. The zero-order valence-corrected chi connectivity index (χ0v) is 14.2. The van der Waals surface area contributed by atoms with E-state index in [0.717, 1.165) is 10.0 Å². The van der Waals surface area contributed by atoms with Crippen LogP contribution in [0.5, 0.6) is 5.75 Å². The first-order valence-corrected chi connectivity index (χ1v) is 7.64. The predicted octanol–water partition coefficient (Wildman–Crippen LogP) is 4.07. The van der Waals surface area contributed by atoms with Gasteiger partial charge >= 0.3 is 0 Å². The largest absolute Gasteiger partial charge is 0.481 e. The van der Waals surface area contributed by atoms with E-state index in [4.69, 9.17) is 4.74 Å². The van der Waals surface area contributed by atoms with Gasteiger partial charge in [-0.25, -0.2) is 0 Å². The Morgan fingerprint density at radius 1 is 1.30 bits per heavy atom. The van der Waals surface area contributed by atoms with Crippen LogP contribution in [0.1, 0.15) is 12.5 Å². The van der Waals surface area contributed by atoms with E-state index >= 15 is 0 Å². The molecule has 0 heterocycles. The highest BCUT2D eigenvalue weighted by atomic mass is 79.9. The lowest BCUT2D eigenvalue weighted by atomic mass is 10.1. The van der Waals surface area contributed by atoms with E-state index in [1.54, 1.807) is 38.1 Å². The number of nitro benzene ring substituents is 1. The van der Waals surface area contributed by atoms with Gasteiger partial charge in [-0.3, -0.25) is 14.9 Å². The maximum Gasteiger partial charge on any atom is 0.271 e. The molecule has 2 rings (SSSR count). The molecule has 1 amide bonds. The van der Waals surface area contributed by atoms with Crippen molar-refractivity contribution in [3.8, 4) is 5.75 Å². The van der Waals surface area contributed by atoms with Crippen molar-refractivity contribution < 1.29 is 14.5 Å². The summed E-state index contributed by atoms with van der Waals surface area (Å²) in [6.07, 6.45) is -0.747. The highest BCUT2D eigenvalue weighted by molar-refractivity contribution is 9.10. The van der Waals surface area contributed by atoms with Crippen molar-refractivity contribution in [1.82, 2.24) is 0 Å². The van der Waals surface area contributed by atoms with E-state index in [-0.39, 0.29) is 11.6 Å². The Balaban J connectivity index is 2.09. The van der Waals surface area contributed by atoms with Gasteiger partial charge in [0.15, 0.2) is 6.10 Å². The van der Waals surface area contributed by atoms with Crippen molar-refractivity contribution in [2.45, 2.75) is 20.0 Å². The monoisotopic (exact) mass is 378 g/mol. The summed E-state index contributed by atoms with van der Waals surface area (Å²) in [4.78, 5) is 22.5. The summed E-state index contributed by atoms with van der Waals surface area (Å²) >= 11 is 3.33. The number of ether oxygens (including phenoxy) is 1. The van der Waals surface area contributed by atoms with Gasteiger partial charge in [0, 0.05) is 16.6 Å². The summed E-state index contributed by atoms with van der Waals surface area (Å²) in [6.45, 7) is 3.38. The summed E-state index contributed by atoms with van der Waals surface area (Å²) in [7, 11) is 0. The van der Waals surface area contributed by atoms with Crippen LogP contribution in [0.15, 0.2) is 46.9 Å². The Morgan fingerprint density at radius 2 is 2.04 bits per heavy atom. The van der Waals surface area contributed by atoms with Crippen molar-refractivity contribution >= 4 is 33.2 Å². The summed E-state index contributed by atoms with van der Waals surface area (Å²) < 4.78 is 6.42. The Morgan fingerprint density at radius 3 is 2.70 bits per heavy atom. The van der Waals surface area contributed by atoms with E-state index in [1.165, 1.54) is 12.1 Å². The molecule has 0 saturated heterocycles. The lowest BCUT2D eigenvalue weighted by Crippen LogP contribution is -2.30. The number of carbonyl (C=O) groups excluding carboxylic acids is 1. The summed E-state index contributed by atoms with van der Waals surface area (Å²) in [6, 6.07) is 11.5. The molecule has 0 spiro atoms. The highest BCUT2D eigenvalue weighted by Crippen LogP contribution is 2.23. The van der Waals surface area contributed by atoms with Gasteiger partial charge in [0.2, 0.25) is 0 Å². The average Bonchev–Trinajstić information content (AvgIpc) is 2.49. The maximum absolute atomic E-state index is 12.2. The second-order valence-corrected chi connectivity index (χ2v) is 5.88. The number of amides is 1. The Bertz CT molecular complexity index is 749. The number of nitro groups is 1. The fourth-order valence-corrected chi connectivity index (χ4v) is 2.27. The maximum atomic E-state index is 12.2. The molecule has 2 aromatic rings. The first-order chi connectivity index (χ1) is 10.9. The molecule has 120 valence electrons. The van der Waals surface area contributed by atoms with Crippen LogP contribution < -0.4 is 10.1 Å². The molecule has 1 atom stereocenters. The normalized spacial score (nSPS) is 11.6. The first-order valence-electron chi connectivity index (χ1n) is 6.85. The number of aryl methyl sites for hydroxylation is 1. The van der Waals surface area contributed by atoms with Gasteiger partial charge in [-0.1, -0.05) is 28.1 Å². The number of benzene rings is 2. The molecule has 0 unspecified atom stereocenters. The van der Waals surface area contributed by atoms with Gasteiger partial charge in [-0.15, -0.1) is 0 Å². The minimum atomic E-state index is -0.747. The number of carbonyl (C=O) groups is 1. The quantitative estimate of drug-likeness (QED) is 0.627. The molecule has 0 aliphatic rings. The zero-order chi connectivity index (χ0) is 17.0. The molecule has 0 bridgehead atoms. The van der Waals surface area contributed by atoms with Crippen molar-refractivity contribution in [3.63, 3.8) is 0 Å². The third kappa shape index (κ3) is 4.53. The fourth-order valence-electron chi connectivity index (χ4n) is 1.89. The molecular formula is C16H15BrN2O4. The van der Waals surface area contributed by atoms with Gasteiger partial charge in [0.25, 0.3) is 11.6 Å². The number of halogens is 1. The van der Waals surface area contributed by atoms with Crippen molar-refractivity contribution in [2.75, 3.05) is 5.32 Å². The van der Waals surface area contributed by atoms with E-state index in [0.29, 0.717) is 11.4 Å². The Hall–Kier alpha value is -2.41. The molecular weight excluding hydrogens is 364 g/mol. The van der Waals surface area contributed by atoms with Gasteiger partial charge in [0.05, 0.1) is 10.6 Å². The molecule has 7 heteroatoms. The molecule has 6 nitrogen and oxygen atoms in total. The Kier molecular flexibility index (Phi) is 5.33. The summed E-state index contributed by atoms with van der Waals surface area (Å²) in [5, 5.41) is 13.5. The first kappa shape index (κ1) is 17.0. The molecule has 0 aromatic heterocycles. The number of hydrogen-bond acceptors (Lipinski definition) is 4. The van der Waals surface area contributed by atoms with Crippen LogP contribution in [0.3, 0.4) is 0 Å². The van der Waals surface area contributed by atoms with Crippen LogP contribution in [0.4, 0.5) is 11.4 Å². The van der Waals surface area contributed by atoms with Crippen molar-refractivity contribution in [1.29, 1.82) is 0 Å². The third-order valence-electron chi connectivity index (χ3n) is 3.17. The Labute approximate surface area is 141 Å². The minimum absolute atomic E-state index is 0.0774. The van der Waals surface area contributed by atoms with Crippen LogP contribution in [-0.4, -0.2) is 16.9 Å². The smallest absolute Gasteiger partial charge is 0.271 e. The molecule has 23 heavy (non-hydrogen) atoms. The molecule has 0 saturated carbocycles. The summed E-state index contributed by atoms with van der Waals surface area (Å²) in [5.41, 5.74) is 1.05. The molecule has 1 N–H and O–H groups in total. The van der Waals surface area contributed by atoms with Gasteiger partial charge in [0.1, 0.15) is 5.75 Å². The second kappa shape index (κ2) is 7.23. The zero-order valence-electron chi connectivity index (χ0n) is 12.6. The standard InChI is InChI=1S/C16H15BrN2O4/c1-10-6-7-13(19(21)22)9-15(10)18-16(20)11(2)23-14-5-3-4-12(17)8-14/h3-9,11H,1-2H3,(H,18,20)/t11-/m1/s1. The van der Waals surface area contributed by atoms with E-state index < -0.39 is 11.0 Å². The molecule has 0 fully saturated rings. The average molecular weight is 379 g/mol. The third-order valence-corrected chi connectivity index (χ3v) is 3.66. The van der Waals surface area contributed by atoms with Crippen molar-refractivity contribution in [3.05, 3.63) is 62.6 Å². The van der Waals surface area contributed by atoms with Gasteiger partial charge in [-0.05, 0) is 37.6 Å². The van der Waals surface area contributed by atoms with Gasteiger partial charge < -0.3 is 10.1 Å². The van der Waals surface area contributed by atoms with Crippen LogP contribution in [0.2, 0.25) is 0 Å². The number of nitrogens with one attached hydrogen (secondary N) is 1. The number of anilines is 1. The summed E-state index contributed by atoms with van der Waals surface area (Å²) in [5.74, 6) is 0.173. The number of hydrogen-bond donors (Lipinski definition) is 1. The number of rotatable bonds is 5. The van der Waals surface area contributed by atoms with Crippen molar-refractivity contribution in [2.24, 2.45) is 0 Å². The van der Waals surface area contributed by atoms with E-state index in [2.05, 4.69) is 21.2 Å². The second-order valence-electron chi connectivity index (χ2n) is 4.96. The van der Waals surface area contributed by atoms with Crippen LogP contribution in [0, 0.1) is 17.0 Å². The SMILES string of the molecule is Cc1ccc([N+](=O)[O-])cc1NC(=O)[C@@H](C)Oc1cccc(Br)c1. The van der Waals surface area contributed by atoms with Gasteiger partial charge in [-0.2, -0.15) is 0 Å². The minimum Gasteiger partial charge on any atom is -0.481 e. The molecule has 0 aliphatic heterocycles. The lowest BCUT2D eigenvalue weighted by Gasteiger charge is -2.15. The van der Waals surface area contributed by atoms with Crippen LogP contribution in [-0.2, 0) is 4.79 Å². The van der Waals surface area contributed by atoms with E-state index in [9.17, 15) is 14.9 Å².